The van der Waals surface area contributed by atoms with Crippen molar-refractivity contribution in [3.05, 3.63) is 65.7 Å². The number of nitrogens with zero attached hydrogens (tertiary/aromatic N) is 2. The zero-order valence-electron chi connectivity index (χ0n) is 16.8. The Morgan fingerprint density at radius 2 is 1.84 bits per heavy atom. The molecule has 1 aliphatic heterocycles. The molecule has 1 amide bonds. The second-order valence-electron chi connectivity index (χ2n) is 7.07. The van der Waals surface area contributed by atoms with Crippen LogP contribution in [0.15, 0.2) is 58.5 Å². The van der Waals surface area contributed by atoms with Crippen LogP contribution in [0.1, 0.15) is 12.3 Å². The topological polar surface area (TPSA) is 86.5 Å². The second kappa shape index (κ2) is 8.80. The third-order valence-corrected chi connectivity index (χ3v) is 5.59. The summed E-state index contributed by atoms with van der Waals surface area (Å²) in [6.07, 6.45) is 2.11. The number of hydrogen-bond donors (Lipinski definition) is 1. The number of rotatable bonds is 6. The molecule has 7 nitrogen and oxygen atoms in total. The molecule has 0 aliphatic carbocycles. The molecule has 0 fully saturated rings. The smallest absolute Gasteiger partial charge is 0.226 e. The molecule has 0 atom stereocenters. The Kier molecular flexibility index (Phi) is 5.55. The minimum atomic E-state index is -0.315. The first-order valence-corrected chi connectivity index (χ1v) is 10.9. The van der Waals surface area contributed by atoms with E-state index in [1.807, 2.05) is 23.6 Å². The summed E-state index contributed by atoms with van der Waals surface area (Å²) in [6, 6.07) is 11.6. The van der Waals surface area contributed by atoms with Crippen LogP contribution in [-0.4, -0.2) is 29.1 Å². The first kappa shape index (κ1) is 20.2. The van der Waals surface area contributed by atoms with E-state index in [1.54, 1.807) is 18.3 Å². The normalized spacial score (nSPS) is 12.5. The molecule has 5 rings (SSSR count). The molecule has 1 N–H and O–H groups in total. The summed E-state index contributed by atoms with van der Waals surface area (Å²) in [5, 5.41) is 5.20. The highest BCUT2D eigenvalue weighted by molar-refractivity contribution is 7.14. The summed E-state index contributed by atoms with van der Waals surface area (Å²) < 4.78 is 29.9. The van der Waals surface area contributed by atoms with Crippen LogP contribution in [0.5, 0.6) is 11.5 Å². The zero-order valence-corrected chi connectivity index (χ0v) is 17.7. The fraction of sp³-hybridized carbons (Fsp3) is 0.174. The highest BCUT2D eigenvalue weighted by Gasteiger charge is 2.15. The van der Waals surface area contributed by atoms with Gasteiger partial charge >= 0.3 is 0 Å². The maximum atomic E-state index is 13.1. The fourth-order valence-corrected chi connectivity index (χ4v) is 3.98. The lowest BCUT2D eigenvalue weighted by atomic mass is 10.1. The molecule has 0 saturated carbocycles. The highest BCUT2D eigenvalue weighted by Crippen LogP contribution is 2.35. The summed E-state index contributed by atoms with van der Waals surface area (Å²) in [5.41, 5.74) is 2.36. The van der Waals surface area contributed by atoms with Gasteiger partial charge < -0.3 is 19.2 Å². The Morgan fingerprint density at radius 1 is 1.06 bits per heavy atom. The number of amides is 1. The van der Waals surface area contributed by atoms with Crippen molar-refractivity contribution < 1.29 is 23.1 Å². The Labute approximate surface area is 186 Å². The van der Waals surface area contributed by atoms with E-state index in [9.17, 15) is 9.18 Å². The van der Waals surface area contributed by atoms with Gasteiger partial charge in [-0.3, -0.25) is 4.79 Å². The van der Waals surface area contributed by atoms with E-state index in [2.05, 4.69) is 15.3 Å². The van der Waals surface area contributed by atoms with Gasteiger partial charge in [0.15, 0.2) is 28.3 Å². The SMILES string of the molecule is O=C(CCc1ncc(-c2ccc(F)cc2)o1)Nc1nc(-c2ccc3c(c2)OCCO3)cs1. The zero-order chi connectivity index (χ0) is 21.9. The van der Waals surface area contributed by atoms with E-state index in [1.165, 1.54) is 23.5 Å². The van der Waals surface area contributed by atoms with Gasteiger partial charge in [0.2, 0.25) is 5.91 Å². The molecule has 0 bridgehead atoms. The molecule has 1 aliphatic rings. The fourth-order valence-electron chi connectivity index (χ4n) is 3.24. The lowest BCUT2D eigenvalue weighted by Gasteiger charge is -2.18. The molecule has 0 spiro atoms. The van der Waals surface area contributed by atoms with Gasteiger partial charge in [0, 0.05) is 29.3 Å². The van der Waals surface area contributed by atoms with Crippen LogP contribution in [0.3, 0.4) is 0 Å². The van der Waals surface area contributed by atoms with Crippen molar-refractivity contribution in [2.24, 2.45) is 0 Å². The molecule has 0 radical (unpaired) electrons. The van der Waals surface area contributed by atoms with Crippen molar-refractivity contribution in [1.82, 2.24) is 9.97 Å². The monoisotopic (exact) mass is 451 g/mol. The Morgan fingerprint density at radius 3 is 2.69 bits per heavy atom. The third kappa shape index (κ3) is 4.47. The first-order valence-electron chi connectivity index (χ1n) is 10.00. The molecule has 162 valence electrons. The minimum absolute atomic E-state index is 0.186. The molecule has 0 saturated heterocycles. The molecular formula is C23H18FN3O4S. The minimum Gasteiger partial charge on any atom is -0.486 e. The molecule has 32 heavy (non-hydrogen) atoms. The molecular weight excluding hydrogens is 433 g/mol. The average molecular weight is 451 g/mol. The van der Waals surface area contributed by atoms with Crippen LogP contribution in [0.2, 0.25) is 0 Å². The third-order valence-electron chi connectivity index (χ3n) is 4.84. The van der Waals surface area contributed by atoms with E-state index in [0.717, 1.165) is 22.6 Å². The van der Waals surface area contributed by atoms with Crippen molar-refractivity contribution >= 4 is 22.4 Å². The maximum Gasteiger partial charge on any atom is 0.226 e. The summed E-state index contributed by atoms with van der Waals surface area (Å²) in [7, 11) is 0. The van der Waals surface area contributed by atoms with Gasteiger partial charge in [0.25, 0.3) is 0 Å². The second-order valence-corrected chi connectivity index (χ2v) is 7.93. The van der Waals surface area contributed by atoms with Crippen LogP contribution in [0, 0.1) is 5.82 Å². The molecule has 2 aromatic carbocycles. The van der Waals surface area contributed by atoms with E-state index in [4.69, 9.17) is 13.9 Å². The Hall–Kier alpha value is -3.72. The number of hydrogen-bond acceptors (Lipinski definition) is 7. The molecule has 4 aromatic rings. The van der Waals surface area contributed by atoms with Gasteiger partial charge in [-0.25, -0.2) is 14.4 Å². The lowest BCUT2D eigenvalue weighted by Crippen LogP contribution is -2.15. The van der Waals surface area contributed by atoms with Crippen LogP contribution in [-0.2, 0) is 11.2 Å². The number of aryl methyl sites for hydroxylation is 1. The number of ether oxygens (including phenoxy) is 2. The van der Waals surface area contributed by atoms with Gasteiger partial charge in [-0.2, -0.15) is 0 Å². The van der Waals surface area contributed by atoms with E-state index >= 15 is 0 Å². The van der Waals surface area contributed by atoms with Gasteiger partial charge in [0.1, 0.15) is 19.0 Å². The number of thiazole rings is 1. The lowest BCUT2D eigenvalue weighted by molar-refractivity contribution is -0.116. The highest BCUT2D eigenvalue weighted by atomic mass is 32.1. The van der Waals surface area contributed by atoms with Crippen molar-refractivity contribution in [2.45, 2.75) is 12.8 Å². The predicted octanol–water partition coefficient (Wildman–Crippen LogP) is 4.95. The largest absolute Gasteiger partial charge is 0.486 e. The van der Waals surface area contributed by atoms with Crippen LogP contribution >= 0.6 is 11.3 Å². The number of oxazole rings is 1. The molecule has 3 heterocycles. The number of nitrogens with one attached hydrogen (secondary N) is 1. The van der Waals surface area contributed by atoms with E-state index < -0.39 is 0 Å². The first-order chi connectivity index (χ1) is 15.6. The van der Waals surface area contributed by atoms with Crippen molar-refractivity contribution in [2.75, 3.05) is 18.5 Å². The summed E-state index contributed by atoms with van der Waals surface area (Å²) in [6.45, 7) is 1.06. The number of benzene rings is 2. The quantitative estimate of drug-likeness (QED) is 0.447. The standard InChI is InChI=1S/C23H18FN3O4S/c24-16-4-1-14(2-5-16)20-12-25-22(31-20)8-7-21(28)27-23-26-17(13-32-23)15-3-6-18-19(11-15)30-10-9-29-18/h1-6,11-13H,7-10H2,(H,26,27,28). The number of halogens is 1. The van der Waals surface area contributed by atoms with Gasteiger partial charge in [-0.15, -0.1) is 11.3 Å². The maximum absolute atomic E-state index is 13.1. The number of carbonyl (C=O) groups is 1. The van der Waals surface area contributed by atoms with Crippen molar-refractivity contribution in [3.63, 3.8) is 0 Å². The van der Waals surface area contributed by atoms with Gasteiger partial charge in [0.05, 0.1) is 11.9 Å². The van der Waals surface area contributed by atoms with E-state index in [0.29, 0.717) is 42.2 Å². The van der Waals surface area contributed by atoms with E-state index in [-0.39, 0.29) is 18.1 Å². The number of fused-ring (bicyclic) bond motifs is 1. The number of anilines is 1. The van der Waals surface area contributed by atoms with Gasteiger partial charge in [-0.1, -0.05) is 0 Å². The van der Waals surface area contributed by atoms with Crippen LogP contribution < -0.4 is 14.8 Å². The van der Waals surface area contributed by atoms with Gasteiger partial charge in [-0.05, 0) is 42.5 Å². The predicted molar refractivity (Wildman–Crippen MR) is 117 cm³/mol. The van der Waals surface area contributed by atoms with Crippen LogP contribution in [0.25, 0.3) is 22.6 Å². The summed E-state index contributed by atoms with van der Waals surface area (Å²) in [4.78, 5) is 21.0. The summed E-state index contributed by atoms with van der Waals surface area (Å²) in [5.74, 6) is 1.88. The Balaban J connectivity index is 1.18. The number of carbonyl (C=O) groups excluding carboxylic acids is 1. The molecule has 0 unspecified atom stereocenters. The van der Waals surface area contributed by atoms with Crippen molar-refractivity contribution in [1.29, 1.82) is 0 Å². The van der Waals surface area contributed by atoms with Crippen LogP contribution in [0.4, 0.5) is 9.52 Å². The average Bonchev–Trinajstić information content (AvgIpc) is 3.48. The Bertz CT molecular complexity index is 1250. The summed E-state index contributed by atoms with van der Waals surface area (Å²) >= 11 is 1.35. The number of aromatic nitrogens is 2. The molecule has 2 aromatic heterocycles. The molecule has 9 heteroatoms. The van der Waals surface area contributed by atoms with Crippen molar-refractivity contribution in [3.8, 4) is 34.1 Å².